The molecule has 2 amide bonds. The lowest BCUT2D eigenvalue weighted by atomic mass is 10.2. The molecule has 0 atom stereocenters. The molecule has 0 saturated carbocycles. The summed E-state index contributed by atoms with van der Waals surface area (Å²) < 4.78 is 10.4. The second-order valence-electron chi connectivity index (χ2n) is 5.92. The highest BCUT2D eigenvalue weighted by Crippen LogP contribution is 2.29. The summed E-state index contributed by atoms with van der Waals surface area (Å²) in [6.45, 7) is 2.72. The highest BCUT2D eigenvalue weighted by molar-refractivity contribution is 6.04. The van der Waals surface area contributed by atoms with E-state index in [-0.39, 0.29) is 11.6 Å². The van der Waals surface area contributed by atoms with Crippen molar-refractivity contribution in [1.29, 1.82) is 0 Å². The Bertz CT molecular complexity index is 793. The fraction of sp³-hybridized carbons (Fsp3) is 0.350. The fourth-order valence-corrected chi connectivity index (χ4v) is 2.48. The highest BCUT2D eigenvalue weighted by atomic mass is 16.5. The number of ether oxygens (including phenoxy) is 2. The Hall–Kier alpha value is -3.09. The number of anilines is 1. The van der Waals surface area contributed by atoms with Crippen LogP contribution in [0, 0.1) is 0 Å². The molecule has 0 aliphatic heterocycles. The van der Waals surface area contributed by atoms with Gasteiger partial charge in [0.05, 0.1) is 14.2 Å². The van der Waals surface area contributed by atoms with E-state index in [1.165, 1.54) is 19.4 Å². The molecule has 0 bridgehead atoms. The van der Waals surface area contributed by atoms with Crippen molar-refractivity contribution in [2.75, 3.05) is 26.1 Å². The lowest BCUT2D eigenvalue weighted by Crippen LogP contribution is -2.25. The fourth-order valence-electron chi connectivity index (χ4n) is 2.48. The van der Waals surface area contributed by atoms with Crippen molar-refractivity contribution >= 4 is 17.5 Å². The number of rotatable bonds is 9. The van der Waals surface area contributed by atoms with Crippen LogP contribution in [0.2, 0.25) is 0 Å². The molecule has 0 aliphatic carbocycles. The van der Waals surface area contributed by atoms with Gasteiger partial charge < -0.3 is 20.1 Å². The van der Waals surface area contributed by atoms with E-state index in [4.69, 9.17) is 9.47 Å². The molecule has 7 heteroatoms. The molecule has 1 heterocycles. The van der Waals surface area contributed by atoms with Gasteiger partial charge in [0, 0.05) is 30.1 Å². The molecule has 2 aromatic rings. The molecule has 7 nitrogen and oxygen atoms in total. The minimum atomic E-state index is -0.414. The molecule has 0 spiro atoms. The summed E-state index contributed by atoms with van der Waals surface area (Å²) in [6, 6.07) is 8.11. The SMILES string of the molecule is CCCCCNC(=O)c1ccnc(C(=O)Nc2ccc(OC)c(OC)c2)c1. The Morgan fingerprint density at radius 2 is 1.78 bits per heavy atom. The number of nitrogens with one attached hydrogen (secondary N) is 2. The number of hydrogen-bond acceptors (Lipinski definition) is 5. The van der Waals surface area contributed by atoms with Gasteiger partial charge in [0.2, 0.25) is 0 Å². The maximum Gasteiger partial charge on any atom is 0.274 e. The van der Waals surface area contributed by atoms with Crippen LogP contribution in [0.3, 0.4) is 0 Å². The predicted molar refractivity (Wildman–Crippen MR) is 104 cm³/mol. The molecule has 0 unspecified atom stereocenters. The van der Waals surface area contributed by atoms with Crippen molar-refractivity contribution in [2.45, 2.75) is 26.2 Å². The van der Waals surface area contributed by atoms with E-state index in [0.29, 0.717) is 29.3 Å². The number of carbonyl (C=O) groups is 2. The Labute approximate surface area is 159 Å². The second kappa shape index (κ2) is 10.2. The molecule has 0 radical (unpaired) electrons. The third-order valence-corrected chi connectivity index (χ3v) is 3.96. The van der Waals surface area contributed by atoms with Gasteiger partial charge in [0.25, 0.3) is 11.8 Å². The van der Waals surface area contributed by atoms with Gasteiger partial charge in [-0.2, -0.15) is 0 Å². The largest absolute Gasteiger partial charge is 0.493 e. The van der Waals surface area contributed by atoms with Gasteiger partial charge >= 0.3 is 0 Å². The van der Waals surface area contributed by atoms with Crippen LogP contribution in [0.4, 0.5) is 5.69 Å². The number of methoxy groups -OCH3 is 2. The Morgan fingerprint density at radius 3 is 2.48 bits per heavy atom. The molecule has 0 saturated heterocycles. The van der Waals surface area contributed by atoms with E-state index in [2.05, 4.69) is 22.5 Å². The number of unbranched alkanes of at least 4 members (excludes halogenated alkanes) is 2. The van der Waals surface area contributed by atoms with E-state index in [9.17, 15) is 9.59 Å². The van der Waals surface area contributed by atoms with Crippen LogP contribution >= 0.6 is 0 Å². The van der Waals surface area contributed by atoms with Gasteiger partial charge in [-0.1, -0.05) is 19.8 Å². The summed E-state index contributed by atoms with van der Waals surface area (Å²) >= 11 is 0. The van der Waals surface area contributed by atoms with Gasteiger partial charge in [0.15, 0.2) is 11.5 Å². The van der Waals surface area contributed by atoms with Crippen molar-refractivity contribution < 1.29 is 19.1 Å². The minimum absolute atomic E-state index is 0.158. The first kappa shape index (κ1) is 20.2. The first-order valence-electron chi connectivity index (χ1n) is 8.86. The van der Waals surface area contributed by atoms with Crippen molar-refractivity contribution in [3.05, 3.63) is 47.8 Å². The molecular formula is C20H25N3O4. The quantitative estimate of drug-likeness (QED) is 0.660. The number of carbonyl (C=O) groups excluding carboxylic acids is 2. The summed E-state index contributed by atoms with van der Waals surface area (Å²) in [5.74, 6) is 0.440. The van der Waals surface area contributed by atoms with Crippen LogP contribution in [-0.4, -0.2) is 37.6 Å². The van der Waals surface area contributed by atoms with Crippen molar-refractivity contribution in [3.8, 4) is 11.5 Å². The van der Waals surface area contributed by atoms with E-state index in [1.807, 2.05) is 0 Å². The van der Waals surface area contributed by atoms with Crippen molar-refractivity contribution in [1.82, 2.24) is 10.3 Å². The van der Waals surface area contributed by atoms with E-state index in [1.54, 1.807) is 31.4 Å². The average molecular weight is 371 g/mol. The average Bonchev–Trinajstić information content (AvgIpc) is 2.71. The van der Waals surface area contributed by atoms with Crippen LogP contribution in [0.15, 0.2) is 36.5 Å². The molecular weight excluding hydrogens is 346 g/mol. The van der Waals surface area contributed by atoms with Crippen LogP contribution in [0.5, 0.6) is 11.5 Å². The van der Waals surface area contributed by atoms with E-state index >= 15 is 0 Å². The normalized spacial score (nSPS) is 10.2. The van der Waals surface area contributed by atoms with Crippen LogP contribution in [-0.2, 0) is 0 Å². The summed E-state index contributed by atoms with van der Waals surface area (Å²) in [5.41, 5.74) is 1.10. The lowest BCUT2D eigenvalue weighted by molar-refractivity contribution is 0.0953. The summed E-state index contributed by atoms with van der Waals surface area (Å²) in [4.78, 5) is 28.7. The summed E-state index contributed by atoms with van der Waals surface area (Å²) in [7, 11) is 3.06. The van der Waals surface area contributed by atoms with Gasteiger partial charge in [-0.3, -0.25) is 14.6 Å². The highest BCUT2D eigenvalue weighted by Gasteiger charge is 2.13. The molecule has 2 N–H and O–H groups in total. The molecule has 0 fully saturated rings. The molecule has 0 aliphatic rings. The first-order valence-corrected chi connectivity index (χ1v) is 8.86. The number of hydrogen-bond donors (Lipinski definition) is 2. The van der Waals surface area contributed by atoms with Crippen molar-refractivity contribution in [3.63, 3.8) is 0 Å². The number of nitrogens with zero attached hydrogens (tertiary/aromatic N) is 1. The third kappa shape index (κ3) is 5.70. The summed E-state index contributed by atoms with van der Waals surface area (Å²) in [5, 5.41) is 5.59. The first-order chi connectivity index (χ1) is 13.1. The molecule has 1 aromatic heterocycles. The lowest BCUT2D eigenvalue weighted by Gasteiger charge is -2.11. The monoisotopic (exact) mass is 371 g/mol. The standard InChI is InChI=1S/C20H25N3O4/c1-4-5-6-10-22-19(24)14-9-11-21-16(12-14)20(25)23-15-7-8-17(26-2)18(13-15)27-3/h7-9,11-13H,4-6,10H2,1-3H3,(H,22,24)(H,23,25). The maximum absolute atomic E-state index is 12.5. The molecule has 144 valence electrons. The maximum atomic E-state index is 12.5. The predicted octanol–water partition coefficient (Wildman–Crippen LogP) is 3.27. The van der Waals surface area contributed by atoms with Gasteiger partial charge in [-0.15, -0.1) is 0 Å². The number of benzene rings is 1. The van der Waals surface area contributed by atoms with Crippen molar-refractivity contribution in [2.24, 2.45) is 0 Å². The number of pyridine rings is 1. The van der Waals surface area contributed by atoms with Gasteiger partial charge in [-0.05, 0) is 30.7 Å². The van der Waals surface area contributed by atoms with Crippen LogP contribution in [0.1, 0.15) is 47.0 Å². The topological polar surface area (TPSA) is 89.6 Å². The van der Waals surface area contributed by atoms with Gasteiger partial charge in [0.1, 0.15) is 5.69 Å². The molecule has 2 rings (SSSR count). The number of aromatic nitrogens is 1. The van der Waals surface area contributed by atoms with Crippen LogP contribution < -0.4 is 20.1 Å². The second-order valence-corrected chi connectivity index (χ2v) is 5.92. The zero-order valence-corrected chi connectivity index (χ0v) is 15.9. The third-order valence-electron chi connectivity index (χ3n) is 3.96. The van der Waals surface area contributed by atoms with Gasteiger partial charge in [-0.25, -0.2) is 0 Å². The van der Waals surface area contributed by atoms with Crippen LogP contribution in [0.25, 0.3) is 0 Å². The minimum Gasteiger partial charge on any atom is -0.493 e. The zero-order chi connectivity index (χ0) is 19.6. The Balaban J connectivity index is 2.05. The molecule has 1 aromatic carbocycles. The zero-order valence-electron chi connectivity index (χ0n) is 15.9. The number of amides is 2. The Kier molecular flexibility index (Phi) is 7.61. The van der Waals surface area contributed by atoms with E-state index in [0.717, 1.165) is 19.3 Å². The van der Waals surface area contributed by atoms with E-state index < -0.39 is 5.91 Å². The smallest absolute Gasteiger partial charge is 0.274 e. The summed E-state index contributed by atoms with van der Waals surface area (Å²) in [6.07, 6.45) is 4.53. The Morgan fingerprint density at radius 1 is 1.00 bits per heavy atom. The molecule has 27 heavy (non-hydrogen) atoms.